The molecular weight excluding hydrogens is 256 g/mol. The molecule has 0 unspecified atom stereocenters. The van der Waals surface area contributed by atoms with Crippen molar-refractivity contribution in [2.45, 2.75) is 57.9 Å². The Morgan fingerprint density at radius 1 is 1.15 bits per heavy atom. The van der Waals surface area contributed by atoms with Gasteiger partial charge in [-0.1, -0.05) is 37.0 Å². The average Bonchev–Trinajstić information content (AvgIpc) is 3.07. The van der Waals surface area contributed by atoms with E-state index >= 15 is 0 Å². The second-order valence-corrected chi connectivity index (χ2v) is 5.95. The number of hydrogen-bond donors (Lipinski definition) is 1. The maximum absolute atomic E-state index is 6.36. The van der Waals surface area contributed by atoms with E-state index in [1.807, 2.05) is 20.8 Å². The van der Waals surface area contributed by atoms with Gasteiger partial charge in [-0.15, -0.1) is 0 Å². The van der Waals surface area contributed by atoms with Gasteiger partial charge in [0.25, 0.3) is 5.89 Å². The molecule has 2 aromatic rings. The maximum atomic E-state index is 6.36. The summed E-state index contributed by atoms with van der Waals surface area (Å²) in [5.41, 5.74) is 7.49. The topological polar surface area (TPSA) is 91.0 Å². The molecule has 0 radical (unpaired) electrons. The lowest BCUT2D eigenvalue weighted by atomic mass is 9.98. The minimum Gasteiger partial charge on any atom is -0.360 e. The third-order valence-corrected chi connectivity index (χ3v) is 3.99. The summed E-state index contributed by atoms with van der Waals surface area (Å²) in [7, 11) is 0. The largest absolute Gasteiger partial charge is 0.360 e. The van der Waals surface area contributed by atoms with Gasteiger partial charge in [-0.3, -0.25) is 0 Å². The summed E-state index contributed by atoms with van der Waals surface area (Å²) in [6, 6.07) is 0. The van der Waals surface area contributed by atoms with Gasteiger partial charge >= 0.3 is 0 Å². The Morgan fingerprint density at radius 2 is 1.85 bits per heavy atom. The van der Waals surface area contributed by atoms with Gasteiger partial charge in [-0.25, -0.2) is 0 Å². The maximum Gasteiger partial charge on any atom is 0.263 e. The van der Waals surface area contributed by atoms with Crippen molar-refractivity contribution in [1.82, 2.24) is 15.3 Å². The van der Waals surface area contributed by atoms with Crippen molar-refractivity contribution in [3.05, 3.63) is 17.3 Å². The first kappa shape index (κ1) is 13.3. The number of hydrogen-bond acceptors (Lipinski definition) is 6. The van der Waals surface area contributed by atoms with Crippen LogP contribution in [-0.4, -0.2) is 15.3 Å². The fourth-order valence-electron chi connectivity index (χ4n) is 2.80. The van der Waals surface area contributed by atoms with E-state index in [0.717, 1.165) is 42.7 Å². The molecule has 3 rings (SSSR count). The van der Waals surface area contributed by atoms with Crippen LogP contribution in [0.3, 0.4) is 0 Å². The highest BCUT2D eigenvalue weighted by Crippen LogP contribution is 2.37. The van der Waals surface area contributed by atoms with Crippen LogP contribution in [0.4, 0.5) is 0 Å². The molecule has 1 saturated carbocycles. The molecule has 0 aromatic carbocycles. The Morgan fingerprint density at radius 3 is 2.50 bits per heavy atom. The normalized spacial score (nSPS) is 18.1. The summed E-state index contributed by atoms with van der Waals surface area (Å²) in [6.45, 7) is 5.96. The van der Waals surface area contributed by atoms with Crippen LogP contribution in [0.1, 0.15) is 62.7 Å². The summed E-state index contributed by atoms with van der Waals surface area (Å²) in [5, 5.41) is 8.09. The molecule has 6 nitrogen and oxygen atoms in total. The van der Waals surface area contributed by atoms with Crippen LogP contribution in [0.15, 0.2) is 9.05 Å². The van der Waals surface area contributed by atoms with Crippen LogP contribution < -0.4 is 5.73 Å². The molecule has 0 aliphatic heterocycles. The Balaban J connectivity index is 2.00. The zero-order valence-electron chi connectivity index (χ0n) is 12.1. The molecule has 0 atom stereocenters. The monoisotopic (exact) mass is 276 g/mol. The summed E-state index contributed by atoms with van der Waals surface area (Å²) < 4.78 is 10.8. The number of aryl methyl sites for hydroxylation is 1. The first-order chi connectivity index (χ1) is 9.51. The Bertz CT molecular complexity index is 608. The molecule has 2 heterocycles. The lowest BCUT2D eigenvalue weighted by Crippen LogP contribution is -2.34. The smallest absolute Gasteiger partial charge is 0.263 e. The minimum absolute atomic E-state index is 0.208. The van der Waals surface area contributed by atoms with Crippen molar-refractivity contribution in [2.75, 3.05) is 0 Å². The van der Waals surface area contributed by atoms with Gasteiger partial charge in [0.15, 0.2) is 11.6 Å². The molecule has 0 bridgehead atoms. The van der Waals surface area contributed by atoms with Gasteiger partial charge in [0.1, 0.15) is 5.56 Å². The van der Waals surface area contributed by atoms with Crippen molar-refractivity contribution in [1.29, 1.82) is 0 Å². The fourth-order valence-corrected chi connectivity index (χ4v) is 2.80. The number of nitrogens with two attached hydrogens (primary N) is 1. The van der Waals surface area contributed by atoms with Gasteiger partial charge in [0, 0.05) is 5.92 Å². The molecule has 1 aliphatic rings. The standard InChI is InChI=1S/C14H20N4O2/c1-8(2)11-10(9(3)17-19-11)12-16-13(18-20-12)14(15)6-4-5-7-14/h8H,4-7,15H2,1-3H3. The summed E-state index contributed by atoms with van der Waals surface area (Å²) >= 11 is 0. The summed E-state index contributed by atoms with van der Waals surface area (Å²) in [5.74, 6) is 2.04. The minimum atomic E-state index is -0.440. The first-order valence-corrected chi connectivity index (χ1v) is 7.11. The van der Waals surface area contributed by atoms with Crippen molar-refractivity contribution < 1.29 is 9.05 Å². The van der Waals surface area contributed by atoms with E-state index in [4.69, 9.17) is 14.8 Å². The van der Waals surface area contributed by atoms with E-state index in [1.165, 1.54) is 0 Å². The number of rotatable bonds is 3. The van der Waals surface area contributed by atoms with Gasteiger partial charge in [0.05, 0.1) is 11.2 Å². The number of nitrogens with zero attached hydrogens (tertiary/aromatic N) is 3. The van der Waals surface area contributed by atoms with E-state index in [9.17, 15) is 0 Å². The third-order valence-electron chi connectivity index (χ3n) is 3.99. The molecule has 1 aliphatic carbocycles. The van der Waals surface area contributed by atoms with Gasteiger partial charge in [-0.05, 0) is 19.8 Å². The lowest BCUT2D eigenvalue weighted by Gasteiger charge is -2.17. The Labute approximate surface area is 117 Å². The molecule has 108 valence electrons. The highest BCUT2D eigenvalue weighted by molar-refractivity contribution is 5.59. The van der Waals surface area contributed by atoms with Crippen LogP contribution in [0.25, 0.3) is 11.5 Å². The van der Waals surface area contributed by atoms with Crippen LogP contribution >= 0.6 is 0 Å². The van der Waals surface area contributed by atoms with Crippen molar-refractivity contribution in [3.63, 3.8) is 0 Å². The van der Waals surface area contributed by atoms with Crippen molar-refractivity contribution >= 4 is 0 Å². The van der Waals surface area contributed by atoms with Gasteiger partial charge in [-0.2, -0.15) is 4.98 Å². The highest BCUT2D eigenvalue weighted by Gasteiger charge is 2.36. The zero-order valence-corrected chi connectivity index (χ0v) is 12.1. The van der Waals surface area contributed by atoms with E-state index in [-0.39, 0.29) is 5.92 Å². The first-order valence-electron chi connectivity index (χ1n) is 7.11. The summed E-state index contributed by atoms with van der Waals surface area (Å²) in [4.78, 5) is 4.51. The molecule has 2 N–H and O–H groups in total. The molecular formula is C14H20N4O2. The molecule has 2 aromatic heterocycles. The van der Waals surface area contributed by atoms with Crippen molar-refractivity contribution in [2.24, 2.45) is 5.73 Å². The molecule has 0 amide bonds. The van der Waals surface area contributed by atoms with Crippen LogP contribution in [0, 0.1) is 6.92 Å². The molecule has 1 fully saturated rings. The van der Waals surface area contributed by atoms with Gasteiger partial charge in [0.2, 0.25) is 0 Å². The highest BCUT2D eigenvalue weighted by atomic mass is 16.5. The Hall–Kier alpha value is -1.69. The summed E-state index contributed by atoms with van der Waals surface area (Å²) in [6.07, 6.45) is 4.05. The van der Waals surface area contributed by atoms with E-state index in [0.29, 0.717) is 11.7 Å². The van der Waals surface area contributed by atoms with E-state index < -0.39 is 5.54 Å². The lowest BCUT2D eigenvalue weighted by molar-refractivity contribution is 0.364. The van der Waals surface area contributed by atoms with Crippen molar-refractivity contribution in [3.8, 4) is 11.5 Å². The zero-order chi connectivity index (χ0) is 14.3. The molecule has 6 heteroatoms. The van der Waals surface area contributed by atoms with Crippen LogP contribution in [-0.2, 0) is 5.54 Å². The number of aromatic nitrogens is 3. The fraction of sp³-hybridized carbons (Fsp3) is 0.643. The van der Waals surface area contributed by atoms with Crippen LogP contribution in [0.2, 0.25) is 0 Å². The van der Waals surface area contributed by atoms with E-state index in [1.54, 1.807) is 0 Å². The molecule has 0 saturated heterocycles. The Kier molecular flexibility index (Phi) is 3.12. The second-order valence-electron chi connectivity index (χ2n) is 5.95. The van der Waals surface area contributed by atoms with Crippen LogP contribution in [0.5, 0.6) is 0 Å². The molecule has 20 heavy (non-hydrogen) atoms. The molecule has 0 spiro atoms. The average molecular weight is 276 g/mol. The third kappa shape index (κ3) is 2.04. The SMILES string of the molecule is Cc1noc(C(C)C)c1-c1nc(C2(N)CCCC2)no1. The van der Waals surface area contributed by atoms with E-state index in [2.05, 4.69) is 15.3 Å². The predicted octanol–water partition coefficient (Wildman–Crippen LogP) is 2.88. The quantitative estimate of drug-likeness (QED) is 0.926. The van der Waals surface area contributed by atoms with Gasteiger partial charge < -0.3 is 14.8 Å². The predicted molar refractivity (Wildman–Crippen MR) is 73.0 cm³/mol. The second kappa shape index (κ2) is 4.70.